The van der Waals surface area contributed by atoms with E-state index in [4.69, 9.17) is 15.3 Å². The normalized spacial score (nSPS) is 32.8. The van der Waals surface area contributed by atoms with Gasteiger partial charge in [-0.15, -0.1) is 0 Å². The van der Waals surface area contributed by atoms with Gasteiger partial charge < -0.3 is 9.47 Å². The SMILES string of the molecule is NNC(CCC1CCCO1)C1CSCCO1. The van der Waals surface area contributed by atoms with Crippen LogP contribution in [0, 0.1) is 0 Å². The molecule has 0 aromatic carbocycles. The van der Waals surface area contributed by atoms with Gasteiger partial charge in [0.25, 0.3) is 0 Å². The first-order valence-corrected chi connectivity index (χ1v) is 7.32. The van der Waals surface area contributed by atoms with Crippen LogP contribution in [0.15, 0.2) is 0 Å². The van der Waals surface area contributed by atoms with E-state index in [-0.39, 0.29) is 12.1 Å². The summed E-state index contributed by atoms with van der Waals surface area (Å²) in [5.41, 5.74) is 2.90. The molecule has 2 aliphatic heterocycles. The van der Waals surface area contributed by atoms with Gasteiger partial charge in [-0.2, -0.15) is 11.8 Å². The zero-order chi connectivity index (χ0) is 11.2. The van der Waals surface area contributed by atoms with Crippen LogP contribution in [0.4, 0.5) is 0 Å². The molecule has 5 heteroatoms. The van der Waals surface area contributed by atoms with Crippen molar-refractivity contribution in [2.75, 3.05) is 24.7 Å². The predicted molar refractivity (Wildman–Crippen MR) is 66.4 cm³/mol. The average molecular weight is 246 g/mol. The second-order valence-electron chi connectivity index (χ2n) is 4.47. The van der Waals surface area contributed by atoms with Gasteiger partial charge in [0.05, 0.1) is 18.8 Å². The van der Waals surface area contributed by atoms with Crippen molar-refractivity contribution in [1.29, 1.82) is 0 Å². The average Bonchev–Trinajstić information content (AvgIpc) is 2.84. The van der Waals surface area contributed by atoms with Crippen molar-refractivity contribution < 1.29 is 9.47 Å². The number of hydrogen-bond donors (Lipinski definition) is 2. The van der Waals surface area contributed by atoms with Gasteiger partial charge in [-0.1, -0.05) is 0 Å². The second-order valence-corrected chi connectivity index (χ2v) is 5.62. The lowest BCUT2D eigenvalue weighted by molar-refractivity contribution is 0.0367. The van der Waals surface area contributed by atoms with E-state index in [1.165, 1.54) is 12.8 Å². The molecule has 2 fully saturated rings. The highest BCUT2D eigenvalue weighted by molar-refractivity contribution is 7.99. The lowest BCUT2D eigenvalue weighted by Gasteiger charge is -2.30. The van der Waals surface area contributed by atoms with Gasteiger partial charge in [-0.25, -0.2) is 0 Å². The van der Waals surface area contributed by atoms with Gasteiger partial charge in [0, 0.05) is 24.2 Å². The van der Waals surface area contributed by atoms with Gasteiger partial charge in [0.1, 0.15) is 0 Å². The van der Waals surface area contributed by atoms with Crippen LogP contribution in [0.3, 0.4) is 0 Å². The number of rotatable bonds is 5. The van der Waals surface area contributed by atoms with Crippen LogP contribution in [0.1, 0.15) is 25.7 Å². The topological polar surface area (TPSA) is 56.5 Å². The van der Waals surface area contributed by atoms with E-state index in [2.05, 4.69) is 5.43 Å². The summed E-state index contributed by atoms with van der Waals surface area (Å²) in [6.45, 7) is 1.79. The molecule has 4 nitrogen and oxygen atoms in total. The molecule has 3 N–H and O–H groups in total. The Bertz CT molecular complexity index is 194. The van der Waals surface area contributed by atoms with E-state index in [0.717, 1.165) is 37.6 Å². The predicted octanol–water partition coefficient (Wildman–Crippen LogP) is 0.909. The molecule has 0 aromatic heterocycles. The summed E-state index contributed by atoms with van der Waals surface area (Å²) in [6, 6.07) is 0.275. The Balaban J connectivity index is 1.70. The van der Waals surface area contributed by atoms with Gasteiger partial charge >= 0.3 is 0 Å². The Morgan fingerprint density at radius 3 is 2.94 bits per heavy atom. The van der Waals surface area contributed by atoms with Crippen LogP contribution in [-0.2, 0) is 9.47 Å². The summed E-state index contributed by atoms with van der Waals surface area (Å²) in [6.07, 6.45) is 5.28. The first-order valence-electron chi connectivity index (χ1n) is 6.17. The van der Waals surface area contributed by atoms with Crippen molar-refractivity contribution in [2.24, 2.45) is 5.84 Å². The monoisotopic (exact) mass is 246 g/mol. The zero-order valence-corrected chi connectivity index (χ0v) is 10.5. The summed E-state index contributed by atoms with van der Waals surface area (Å²) < 4.78 is 11.4. The highest BCUT2D eigenvalue weighted by Crippen LogP contribution is 2.21. The fourth-order valence-corrected chi connectivity index (χ4v) is 3.29. The molecule has 2 heterocycles. The molecule has 0 radical (unpaired) electrons. The molecule has 3 unspecified atom stereocenters. The van der Waals surface area contributed by atoms with Crippen molar-refractivity contribution in [2.45, 2.75) is 43.9 Å². The third-order valence-electron chi connectivity index (χ3n) is 3.33. The molecular weight excluding hydrogens is 224 g/mol. The van der Waals surface area contributed by atoms with E-state index in [1.807, 2.05) is 11.8 Å². The summed E-state index contributed by atoms with van der Waals surface area (Å²) in [5.74, 6) is 7.77. The van der Waals surface area contributed by atoms with Crippen molar-refractivity contribution in [3.63, 3.8) is 0 Å². The largest absolute Gasteiger partial charge is 0.378 e. The maximum Gasteiger partial charge on any atom is 0.0832 e. The minimum atomic E-state index is 0.269. The lowest BCUT2D eigenvalue weighted by Crippen LogP contribution is -2.48. The number of hydrazine groups is 1. The Hall–Kier alpha value is 0.190. The summed E-state index contributed by atoms with van der Waals surface area (Å²) >= 11 is 1.95. The Morgan fingerprint density at radius 2 is 2.31 bits per heavy atom. The molecule has 16 heavy (non-hydrogen) atoms. The minimum Gasteiger partial charge on any atom is -0.378 e. The lowest BCUT2D eigenvalue weighted by atomic mass is 10.0. The van der Waals surface area contributed by atoms with Crippen LogP contribution in [-0.4, -0.2) is 43.0 Å². The summed E-state index contributed by atoms with van der Waals surface area (Å²) in [4.78, 5) is 0. The number of thioether (sulfide) groups is 1. The van der Waals surface area contributed by atoms with Gasteiger partial charge in [-0.05, 0) is 25.7 Å². The quantitative estimate of drug-likeness (QED) is 0.558. The maximum atomic E-state index is 5.74. The minimum absolute atomic E-state index is 0.269. The molecule has 0 aromatic rings. The molecule has 2 rings (SSSR count). The highest BCUT2D eigenvalue weighted by Gasteiger charge is 2.25. The summed E-state index contributed by atoms with van der Waals surface area (Å²) in [5, 5.41) is 0. The third-order valence-corrected chi connectivity index (χ3v) is 4.35. The Morgan fingerprint density at radius 1 is 1.38 bits per heavy atom. The highest BCUT2D eigenvalue weighted by atomic mass is 32.2. The summed E-state index contributed by atoms with van der Waals surface area (Å²) in [7, 11) is 0. The van der Waals surface area contributed by atoms with E-state index in [1.54, 1.807) is 0 Å². The van der Waals surface area contributed by atoms with Crippen molar-refractivity contribution in [3.05, 3.63) is 0 Å². The third kappa shape index (κ3) is 3.60. The molecule has 0 aliphatic carbocycles. The molecule has 2 saturated heterocycles. The maximum absolute atomic E-state index is 5.74. The number of nitrogens with one attached hydrogen (secondary N) is 1. The van der Waals surface area contributed by atoms with Crippen LogP contribution in [0.5, 0.6) is 0 Å². The second kappa shape index (κ2) is 6.81. The molecule has 0 amide bonds. The first kappa shape index (κ1) is 12.6. The molecule has 0 saturated carbocycles. The molecule has 2 aliphatic rings. The molecule has 3 atom stereocenters. The Labute approximate surface area is 102 Å². The van der Waals surface area contributed by atoms with Gasteiger partial charge in [0.2, 0.25) is 0 Å². The van der Waals surface area contributed by atoms with E-state index in [0.29, 0.717) is 6.10 Å². The van der Waals surface area contributed by atoms with E-state index < -0.39 is 0 Å². The van der Waals surface area contributed by atoms with Crippen molar-refractivity contribution in [1.82, 2.24) is 5.43 Å². The number of ether oxygens (including phenoxy) is 2. The number of hydrogen-bond acceptors (Lipinski definition) is 5. The fraction of sp³-hybridized carbons (Fsp3) is 1.00. The molecular formula is C11H22N2O2S. The van der Waals surface area contributed by atoms with Gasteiger partial charge in [-0.3, -0.25) is 11.3 Å². The van der Waals surface area contributed by atoms with Crippen LogP contribution in [0.25, 0.3) is 0 Å². The number of nitrogens with two attached hydrogens (primary N) is 1. The Kier molecular flexibility index (Phi) is 5.38. The van der Waals surface area contributed by atoms with Crippen LogP contribution < -0.4 is 11.3 Å². The zero-order valence-electron chi connectivity index (χ0n) is 9.69. The van der Waals surface area contributed by atoms with Gasteiger partial charge in [0.15, 0.2) is 0 Å². The molecule has 94 valence electrons. The van der Waals surface area contributed by atoms with Crippen LogP contribution >= 0.6 is 11.8 Å². The van der Waals surface area contributed by atoms with Crippen molar-refractivity contribution in [3.8, 4) is 0 Å². The fourth-order valence-electron chi connectivity index (χ4n) is 2.35. The standard InChI is InChI=1S/C11H22N2O2S/c12-13-10(11-8-16-7-6-15-11)4-3-9-2-1-5-14-9/h9-11,13H,1-8,12H2. The van der Waals surface area contributed by atoms with E-state index in [9.17, 15) is 0 Å². The van der Waals surface area contributed by atoms with E-state index >= 15 is 0 Å². The first-order chi connectivity index (χ1) is 7.90. The molecule has 0 spiro atoms. The molecule has 0 bridgehead atoms. The smallest absolute Gasteiger partial charge is 0.0832 e. The van der Waals surface area contributed by atoms with Crippen LogP contribution in [0.2, 0.25) is 0 Å². The van der Waals surface area contributed by atoms with Crippen molar-refractivity contribution >= 4 is 11.8 Å².